The molecule has 0 atom stereocenters. The maximum atomic E-state index is 15.1. The van der Waals surface area contributed by atoms with Gasteiger partial charge in [-0.2, -0.15) is 0 Å². The van der Waals surface area contributed by atoms with Gasteiger partial charge in [-0.05, 0) is 59.3 Å². The Kier molecular flexibility index (Phi) is 4.38. The lowest BCUT2D eigenvalue weighted by Gasteiger charge is -2.16. The van der Waals surface area contributed by atoms with Crippen molar-refractivity contribution in [2.45, 2.75) is 0 Å². The molecule has 172 valence electrons. The lowest BCUT2D eigenvalue weighted by atomic mass is 9.92. The molecule has 0 saturated carbocycles. The first-order valence-electron chi connectivity index (χ1n) is 10.4. The summed E-state index contributed by atoms with van der Waals surface area (Å²) in [4.78, 5) is 11.9. The summed E-state index contributed by atoms with van der Waals surface area (Å²) < 4.78 is 78.7. The monoisotopic (exact) mass is 477 g/mol. The van der Waals surface area contributed by atoms with E-state index in [9.17, 15) is 18.0 Å². The van der Waals surface area contributed by atoms with E-state index >= 15 is 8.78 Å². The Balaban J connectivity index is 1.93. The van der Waals surface area contributed by atoms with Crippen LogP contribution in [0.2, 0.25) is 0 Å². The second kappa shape index (κ2) is 7.27. The second-order valence-corrected chi connectivity index (χ2v) is 8.17. The van der Waals surface area contributed by atoms with Crippen LogP contribution in [0.15, 0.2) is 69.9 Å². The molecule has 1 aromatic heterocycles. The van der Waals surface area contributed by atoms with Crippen LogP contribution in [-0.4, -0.2) is 0 Å². The predicted molar refractivity (Wildman–Crippen MR) is 125 cm³/mol. The van der Waals surface area contributed by atoms with E-state index < -0.39 is 34.6 Å². The Morgan fingerprint density at radius 1 is 0.543 bits per heavy atom. The maximum absolute atomic E-state index is 15.1. The zero-order chi connectivity index (χ0) is 24.6. The largest absolute Gasteiger partial charge is 0.455 e. The maximum Gasteiger partial charge on any atom is 0.200 e. The van der Waals surface area contributed by atoms with Gasteiger partial charge < -0.3 is 10.2 Å². The zero-order valence-corrected chi connectivity index (χ0v) is 17.6. The smallest absolute Gasteiger partial charge is 0.200 e. The molecule has 0 radical (unpaired) electrons. The summed E-state index contributed by atoms with van der Waals surface area (Å²) in [5, 5.41) is 2.33. The second-order valence-electron chi connectivity index (χ2n) is 8.17. The van der Waals surface area contributed by atoms with Crippen LogP contribution in [0.1, 0.15) is 0 Å². The molecule has 3 nitrogen and oxygen atoms in total. The van der Waals surface area contributed by atoms with Crippen molar-refractivity contribution in [3.05, 3.63) is 100.0 Å². The molecule has 0 amide bonds. The summed E-state index contributed by atoms with van der Waals surface area (Å²) in [5.41, 5.74) is 5.07. The topological polar surface area (TPSA) is 56.2 Å². The van der Waals surface area contributed by atoms with Crippen LogP contribution in [0.4, 0.5) is 27.6 Å². The number of benzene rings is 5. The van der Waals surface area contributed by atoms with E-state index in [4.69, 9.17) is 10.2 Å². The van der Waals surface area contributed by atoms with Gasteiger partial charge >= 0.3 is 0 Å². The highest BCUT2D eigenvalue weighted by Crippen LogP contribution is 2.44. The lowest BCUT2D eigenvalue weighted by molar-refractivity contribution is 0.381. The molecule has 5 aromatic carbocycles. The van der Waals surface area contributed by atoms with Gasteiger partial charge in [-0.15, -0.1) is 0 Å². The van der Waals surface area contributed by atoms with E-state index in [-0.39, 0.29) is 32.9 Å². The van der Waals surface area contributed by atoms with Gasteiger partial charge in [0.05, 0.1) is 5.56 Å². The molecule has 8 heteroatoms. The van der Waals surface area contributed by atoms with Crippen molar-refractivity contribution in [1.82, 2.24) is 0 Å². The van der Waals surface area contributed by atoms with Crippen molar-refractivity contribution >= 4 is 49.2 Å². The molecule has 0 spiro atoms. The number of halogens is 5. The summed E-state index contributed by atoms with van der Waals surface area (Å²) in [6.45, 7) is 0. The van der Waals surface area contributed by atoms with Crippen molar-refractivity contribution in [2.75, 3.05) is 5.73 Å². The number of fused-ring (bicyclic) bond motifs is 6. The number of anilines is 1. The average molecular weight is 477 g/mol. The summed E-state index contributed by atoms with van der Waals surface area (Å²) in [6, 6.07) is 15.1. The fourth-order valence-corrected chi connectivity index (χ4v) is 4.55. The number of nitrogens with two attached hydrogens (primary N) is 1. The highest BCUT2D eigenvalue weighted by molar-refractivity contribution is 6.19. The number of hydrogen-bond donors (Lipinski definition) is 1. The van der Waals surface area contributed by atoms with Gasteiger partial charge in [0.25, 0.3) is 0 Å². The highest BCUT2D eigenvalue weighted by atomic mass is 19.2. The van der Waals surface area contributed by atoms with Crippen LogP contribution in [0.5, 0.6) is 0 Å². The summed E-state index contributed by atoms with van der Waals surface area (Å²) >= 11 is 0. The Bertz CT molecular complexity index is 1920. The van der Waals surface area contributed by atoms with Gasteiger partial charge in [-0.1, -0.05) is 12.1 Å². The minimum absolute atomic E-state index is 0.113. The van der Waals surface area contributed by atoms with Crippen LogP contribution in [0.3, 0.4) is 0 Å². The third-order valence-corrected chi connectivity index (χ3v) is 6.14. The van der Waals surface area contributed by atoms with E-state index in [1.807, 2.05) is 0 Å². The number of nitrogen functional groups attached to an aromatic ring is 1. The molecule has 0 saturated heterocycles. The Labute approximate surface area is 192 Å². The highest BCUT2D eigenvalue weighted by Gasteiger charge is 2.29. The van der Waals surface area contributed by atoms with Crippen LogP contribution in [-0.2, 0) is 0 Å². The molecule has 0 unspecified atom stereocenters. The summed E-state index contributed by atoms with van der Waals surface area (Å²) in [7, 11) is 0. The fraction of sp³-hybridized carbons (Fsp3) is 0. The predicted octanol–water partition coefficient (Wildman–Crippen LogP) is 7.20. The number of hydrogen-bond acceptors (Lipinski definition) is 3. The first-order chi connectivity index (χ1) is 16.8. The normalized spacial score (nSPS) is 11.8. The van der Waals surface area contributed by atoms with Crippen LogP contribution in [0, 0.1) is 29.1 Å². The molecular formula is C27H12F5NO2. The molecule has 2 N–H and O–H groups in total. The average Bonchev–Trinajstić information content (AvgIpc) is 2.85. The molecule has 0 bridgehead atoms. The van der Waals surface area contributed by atoms with E-state index in [1.54, 1.807) is 24.3 Å². The molecule has 0 aliphatic heterocycles. The van der Waals surface area contributed by atoms with Crippen molar-refractivity contribution in [2.24, 2.45) is 0 Å². The standard InChI is InChI=1S/C27H12F5NO2/c28-21-20(22(29)24(31)25(32)23(21)30)19-17-5-1-11-9-13(33)3-7-15(11)26(17)35-27-16-8-4-14(34)10-12(16)2-6-18(19)27/h1-10H,33H2. The number of rotatable bonds is 1. The molecule has 0 aliphatic rings. The van der Waals surface area contributed by atoms with Crippen molar-refractivity contribution in [3.63, 3.8) is 0 Å². The molecule has 0 fully saturated rings. The van der Waals surface area contributed by atoms with E-state index in [0.717, 1.165) is 0 Å². The third kappa shape index (κ3) is 2.92. The molecule has 35 heavy (non-hydrogen) atoms. The van der Waals surface area contributed by atoms with Gasteiger partial charge in [0.1, 0.15) is 11.2 Å². The Hall–Kier alpha value is -4.46. The lowest BCUT2D eigenvalue weighted by Crippen LogP contribution is -2.05. The van der Waals surface area contributed by atoms with Gasteiger partial charge in [0, 0.05) is 32.8 Å². The molecule has 6 aromatic rings. The summed E-state index contributed by atoms with van der Waals surface area (Å²) in [6.07, 6.45) is 0. The SMILES string of the molecule is Nc1ccc2c(ccc3c(-c4c(F)c(F)c(F)c(F)c4F)c4ccc5cc(=O)ccc5c4oc32)c1. The Morgan fingerprint density at radius 2 is 1.03 bits per heavy atom. The van der Waals surface area contributed by atoms with E-state index in [2.05, 4.69) is 0 Å². The zero-order valence-electron chi connectivity index (χ0n) is 17.6. The minimum atomic E-state index is -2.24. The first kappa shape index (κ1) is 21.1. The van der Waals surface area contributed by atoms with Gasteiger partial charge in [0.15, 0.2) is 28.7 Å². The van der Waals surface area contributed by atoms with E-state index in [0.29, 0.717) is 27.2 Å². The minimum Gasteiger partial charge on any atom is -0.455 e. The molecule has 1 heterocycles. The summed E-state index contributed by atoms with van der Waals surface area (Å²) in [5.74, 6) is -10.3. The Morgan fingerprint density at radius 3 is 1.63 bits per heavy atom. The molecule has 6 rings (SSSR count). The molecule has 0 aliphatic carbocycles. The van der Waals surface area contributed by atoms with Gasteiger partial charge in [0.2, 0.25) is 5.82 Å². The van der Waals surface area contributed by atoms with E-state index in [1.165, 1.54) is 36.4 Å². The van der Waals surface area contributed by atoms with Crippen LogP contribution >= 0.6 is 0 Å². The molecular weight excluding hydrogens is 465 g/mol. The van der Waals surface area contributed by atoms with Crippen molar-refractivity contribution in [1.29, 1.82) is 0 Å². The first-order valence-corrected chi connectivity index (χ1v) is 10.4. The quantitative estimate of drug-likeness (QED) is 0.0681. The van der Waals surface area contributed by atoms with Crippen molar-refractivity contribution < 1.29 is 26.4 Å². The van der Waals surface area contributed by atoms with Gasteiger partial charge in [-0.25, -0.2) is 22.0 Å². The third-order valence-electron chi connectivity index (χ3n) is 6.14. The fourth-order valence-electron chi connectivity index (χ4n) is 4.55. The van der Waals surface area contributed by atoms with Crippen LogP contribution in [0.25, 0.3) is 54.6 Å². The van der Waals surface area contributed by atoms with Crippen LogP contribution < -0.4 is 11.2 Å². The van der Waals surface area contributed by atoms with Gasteiger partial charge in [-0.3, -0.25) is 4.79 Å². The van der Waals surface area contributed by atoms with Crippen molar-refractivity contribution in [3.8, 4) is 11.1 Å².